The maximum atomic E-state index is 11.9. The Labute approximate surface area is 198 Å². The summed E-state index contributed by atoms with van der Waals surface area (Å²) in [7, 11) is 0. The fraction of sp³-hybridized carbons (Fsp3) is 0.760. The molecule has 0 saturated heterocycles. The quantitative estimate of drug-likeness (QED) is 0.314. The van der Waals surface area contributed by atoms with E-state index in [9.17, 15) is 9.59 Å². The molecule has 2 aliphatic rings. The molecule has 0 aromatic rings. The molecule has 0 radical (unpaired) electrons. The highest BCUT2D eigenvalue weighted by molar-refractivity contribution is 5.67. The molecule has 2 amide bonds. The van der Waals surface area contributed by atoms with Crippen molar-refractivity contribution in [1.82, 2.24) is 10.6 Å². The van der Waals surface area contributed by atoms with Crippen LogP contribution in [0.5, 0.6) is 0 Å². The zero-order valence-corrected chi connectivity index (χ0v) is 20.3. The molecule has 2 rings (SSSR count). The molecule has 2 fully saturated rings. The Bertz CT molecular complexity index is 570. The molecular formula is C25H42N2O6. The fourth-order valence-corrected chi connectivity index (χ4v) is 5.25. The van der Waals surface area contributed by atoms with Crippen molar-refractivity contribution in [2.75, 3.05) is 26.4 Å². The van der Waals surface area contributed by atoms with Crippen LogP contribution in [0.4, 0.5) is 9.59 Å². The predicted octanol–water partition coefficient (Wildman–Crippen LogP) is 4.90. The van der Waals surface area contributed by atoms with E-state index in [1.165, 1.54) is 12.5 Å². The van der Waals surface area contributed by atoms with Crippen molar-refractivity contribution in [3.63, 3.8) is 0 Å². The Morgan fingerprint density at radius 1 is 0.727 bits per heavy atom. The molecule has 0 spiro atoms. The van der Waals surface area contributed by atoms with Crippen LogP contribution in [0.15, 0.2) is 25.7 Å². The van der Waals surface area contributed by atoms with Crippen molar-refractivity contribution < 1.29 is 28.5 Å². The van der Waals surface area contributed by atoms with Crippen LogP contribution < -0.4 is 10.6 Å². The van der Waals surface area contributed by atoms with Crippen LogP contribution in [-0.2, 0) is 18.9 Å². The molecule has 0 aromatic heterocycles. The largest absolute Gasteiger partial charge is 0.498 e. The summed E-state index contributed by atoms with van der Waals surface area (Å²) in [4.78, 5) is 23.9. The molecule has 0 heterocycles. The number of amides is 2. The first kappa shape index (κ1) is 26.9. The van der Waals surface area contributed by atoms with E-state index < -0.39 is 0 Å². The number of hydrogen-bond acceptors (Lipinski definition) is 6. The zero-order chi connectivity index (χ0) is 24.1. The second kappa shape index (κ2) is 14.0. The van der Waals surface area contributed by atoms with Crippen molar-refractivity contribution in [2.24, 2.45) is 17.3 Å². The van der Waals surface area contributed by atoms with Gasteiger partial charge in [0.25, 0.3) is 0 Å². The third-order valence-electron chi connectivity index (χ3n) is 7.31. The van der Waals surface area contributed by atoms with Gasteiger partial charge >= 0.3 is 12.2 Å². The molecule has 8 heteroatoms. The summed E-state index contributed by atoms with van der Waals surface area (Å²) in [5.74, 6) is 1.27. The Hall–Kier alpha value is -2.38. The third-order valence-corrected chi connectivity index (χ3v) is 7.31. The van der Waals surface area contributed by atoms with E-state index in [-0.39, 0.29) is 42.9 Å². The van der Waals surface area contributed by atoms with Crippen molar-refractivity contribution in [3.8, 4) is 0 Å². The van der Waals surface area contributed by atoms with Crippen LogP contribution in [-0.4, -0.2) is 50.7 Å². The van der Waals surface area contributed by atoms with Crippen molar-refractivity contribution in [2.45, 2.75) is 77.3 Å². The Morgan fingerprint density at radius 3 is 1.42 bits per heavy atom. The number of alkyl carbamates (subject to hydrolysis) is 2. The van der Waals surface area contributed by atoms with Gasteiger partial charge in [0.1, 0.15) is 26.4 Å². The van der Waals surface area contributed by atoms with Crippen LogP contribution in [0, 0.1) is 17.3 Å². The summed E-state index contributed by atoms with van der Waals surface area (Å²) in [5, 5.41) is 5.97. The summed E-state index contributed by atoms with van der Waals surface area (Å²) < 4.78 is 20.2. The maximum absolute atomic E-state index is 11.9. The summed E-state index contributed by atoms with van der Waals surface area (Å²) in [5.41, 5.74) is 0.237. The fourth-order valence-electron chi connectivity index (χ4n) is 5.25. The maximum Gasteiger partial charge on any atom is 0.407 e. The van der Waals surface area contributed by atoms with Crippen molar-refractivity contribution in [1.29, 1.82) is 0 Å². The second-order valence-electron chi connectivity index (χ2n) is 9.55. The number of carbonyl (C=O) groups excluding carboxylic acids is 2. The summed E-state index contributed by atoms with van der Waals surface area (Å²) in [6.07, 6.45) is 10.3. The van der Waals surface area contributed by atoms with E-state index in [2.05, 4.69) is 37.6 Å². The molecule has 2 N–H and O–H groups in total. The molecule has 8 nitrogen and oxygen atoms in total. The molecular weight excluding hydrogens is 424 g/mol. The monoisotopic (exact) mass is 466 g/mol. The number of ether oxygens (including phenoxy) is 4. The van der Waals surface area contributed by atoms with Gasteiger partial charge in [-0.2, -0.15) is 0 Å². The molecule has 0 aromatic carbocycles. The first-order valence-electron chi connectivity index (χ1n) is 12.2. The molecule has 0 aliphatic heterocycles. The smallest absolute Gasteiger partial charge is 0.407 e. The van der Waals surface area contributed by atoms with E-state index in [0.717, 1.165) is 51.4 Å². The molecule has 0 unspecified atom stereocenters. The lowest BCUT2D eigenvalue weighted by Gasteiger charge is -2.46. The van der Waals surface area contributed by atoms with E-state index in [4.69, 9.17) is 18.9 Å². The average molecular weight is 467 g/mol. The van der Waals surface area contributed by atoms with Crippen LogP contribution in [0.1, 0.15) is 65.2 Å². The normalized spacial score (nSPS) is 25.3. The Balaban J connectivity index is 1.67. The molecule has 2 aliphatic carbocycles. The van der Waals surface area contributed by atoms with E-state index >= 15 is 0 Å². The minimum atomic E-state index is -0.372. The summed E-state index contributed by atoms with van der Waals surface area (Å²) in [6.45, 7) is 12.8. The summed E-state index contributed by atoms with van der Waals surface area (Å²) in [6, 6.07) is 0.348. The highest BCUT2D eigenvalue weighted by Crippen LogP contribution is 2.48. The lowest BCUT2D eigenvalue weighted by Crippen LogP contribution is -2.44. The van der Waals surface area contributed by atoms with Crippen LogP contribution >= 0.6 is 0 Å². The van der Waals surface area contributed by atoms with Crippen LogP contribution in [0.2, 0.25) is 0 Å². The van der Waals surface area contributed by atoms with Gasteiger partial charge in [0.15, 0.2) is 0 Å². The molecule has 0 bridgehead atoms. The first-order valence-corrected chi connectivity index (χ1v) is 12.2. The third kappa shape index (κ3) is 9.18. The van der Waals surface area contributed by atoms with E-state index in [0.29, 0.717) is 25.0 Å². The van der Waals surface area contributed by atoms with Gasteiger partial charge in [-0.15, -0.1) is 0 Å². The lowest BCUT2D eigenvalue weighted by molar-refractivity contribution is 0.0445. The number of rotatable bonds is 12. The van der Waals surface area contributed by atoms with Gasteiger partial charge in [-0.1, -0.05) is 27.0 Å². The van der Waals surface area contributed by atoms with Gasteiger partial charge in [0.05, 0.1) is 12.5 Å². The van der Waals surface area contributed by atoms with Gasteiger partial charge in [-0.3, -0.25) is 0 Å². The molecule has 2 saturated carbocycles. The van der Waals surface area contributed by atoms with Gasteiger partial charge in [-0.05, 0) is 68.6 Å². The van der Waals surface area contributed by atoms with Gasteiger partial charge in [0, 0.05) is 12.1 Å². The number of nitrogens with one attached hydrogen (secondary N) is 2. The Kier molecular flexibility index (Phi) is 11.4. The van der Waals surface area contributed by atoms with Crippen molar-refractivity contribution >= 4 is 12.2 Å². The van der Waals surface area contributed by atoms with Gasteiger partial charge in [0.2, 0.25) is 0 Å². The highest BCUT2D eigenvalue weighted by Gasteiger charge is 2.40. The summed E-state index contributed by atoms with van der Waals surface area (Å²) >= 11 is 0. The molecule has 0 atom stereocenters. The lowest BCUT2D eigenvalue weighted by atomic mass is 9.60. The van der Waals surface area contributed by atoms with E-state index in [1.807, 2.05) is 0 Å². The Morgan fingerprint density at radius 2 is 1.09 bits per heavy atom. The molecule has 188 valence electrons. The number of carbonyl (C=O) groups is 2. The van der Waals surface area contributed by atoms with Crippen molar-refractivity contribution in [3.05, 3.63) is 25.7 Å². The predicted molar refractivity (Wildman–Crippen MR) is 127 cm³/mol. The number of hydrogen-bond donors (Lipinski definition) is 2. The van der Waals surface area contributed by atoms with Gasteiger partial charge in [-0.25, -0.2) is 9.59 Å². The first-order chi connectivity index (χ1) is 15.9. The van der Waals surface area contributed by atoms with Gasteiger partial charge < -0.3 is 29.6 Å². The highest BCUT2D eigenvalue weighted by atomic mass is 16.6. The van der Waals surface area contributed by atoms with E-state index in [1.54, 1.807) is 0 Å². The van der Waals surface area contributed by atoms with Crippen LogP contribution in [0.3, 0.4) is 0 Å². The second-order valence-corrected chi connectivity index (χ2v) is 9.55. The van der Waals surface area contributed by atoms with Crippen LogP contribution in [0.25, 0.3) is 0 Å². The average Bonchev–Trinajstić information content (AvgIpc) is 2.80. The minimum absolute atomic E-state index is 0.174. The standard InChI is InChI=1S/C25H42N2O6/c1-5-30-15-17-32-23(28)26-21-11-7-19(8-12-21)25(3,4)20-9-13-22(14-10-20)27-24(29)33-18-16-31-6-2/h5-6,19-22H,1-2,7-18H2,3-4H3,(H,26,28)(H,27,29). The SMILES string of the molecule is C=COCCOC(=O)NC1CCC(C(C)(C)C2CCC(NC(=O)OCCOC=C)CC2)CC1. The topological polar surface area (TPSA) is 95.1 Å². The molecule has 33 heavy (non-hydrogen) atoms. The minimum Gasteiger partial charge on any atom is -0.498 e. The zero-order valence-electron chi connectivity index (χ0n) is 20.3.